The Morgan fingerprint density at radius 1 is 1.41 bits per heavy atom. The number of benzene rings is 1. The largest absolute Gasteiger partial charge is 0.496 e. The number of fused-ring (bicyclic) bond motifs is 1. The minimum absolute atomic E-state index is 0.119. The highest BCUT2D eigenvalue weighted by Gasteiger charge is 2.32. The molecule has 1 aliphatic carbocycles. The summed E-state index contributed by atoms with van der Waals surface area (Å²) >= 11 is 0. The zero-order valence-electron chi connectivity index (χ0n) is 11.3. The predicted molar refractivity (Wildman–Crippen MR) is 69.0 cm³/mol. The molecule has 1 atom stereocenters. The SMILES string of the molecule is COc1cc(C(C)C)c2c(c1C)CC(C)C2=O. The molecule has 1 aliphatic rings. The maximum atomic E-state index is 12.2. The second-order valence-corrected chi connectivity index (χ2v) is 5.27. The van der Waals surface area contributed by atoms with Crippen LogP contribution in [0.1, 0.15) is 53.7 Å². The Hall–Kier alpha value is -1.31. The van der Waals surface area contributed by atoms with Gasteiger partial charge >= 0.3 is 0 Å². The molecule has 1 unspecified atom stereocenters. The first-order valence-electron chi connectivity index (χ1n) is 6.22. The Morgan fingerprint density at radius 2 is 2.06 bits per heavy atom. The van der Waals surface area contributed by atoms with E-state index in [0.29, 0.717) is 11.7 Å². The number of ether oxygens (including phenoxy) is 1. The van der Waals surface area contributed by atoms with Crippen molar-refractivity contribution in [2.75, 3.05) is 7.11 Å². The van der Waals surface area contributed by atoms with Crippen LogP contribution in [0.3, 0.4) is 0 Å². The fourth-order valence-electron chi connectivity index (χ4n) is 2.69. The summed E-state index contributed by atoms with van der Waals surface area (Å²) < 4.78 is 5.42. The Bertz CT molecular complexity index is 472. The number of Topliss-reactive ketones (excluding diaryl/α,β-unsaturated/α-hetero) is 1. The van der Waals surface area contributed by atoms with Crippen molar-refractivity contribution in [2.45, 2.75) is 40.0 Å². The van der Waals surface area contributed by atoms with Crippen molar-refractivity contribution in [3.8, 4) is 5.75 Å². The summed E-state index contributed by atoms with van der Waals surface area (Å²) in [6.07, 6.45) is 0.858. The third-order valence-electron chi connectivity index (χ3n) is 3.75. The first-order chi connectivity index (χ1) is 7.97. The smallest absolute Gasteiger partial charge is 0.166 e. The Balaban J connectivity index is 2.72. The molecule has 0 saturated carbocycles. The molecule has 17 heavy (non-hydrogen) atoms. The first kappa shape index (κ1) is 12.2. The van der Waals surface area contributed by atoms with Crippen molar-refractivity contribution in [3.05, 3.63) is 28.3 Å². The number of ketones is 1. The van der Waals surface area contributed by atoms with Crippen molar-refractivity contribution in [3.63, 3.8) is 0 Å². The van der Waals surface area contributed by atoms with Crippen LogP contribution in [0.4, 0.5) is 0 Å². The zero-order chi connectivity index (χ0) is 12.7. The van der Waals surface area contributed by atoms with Gasteiger partial charge in [0.15, 0.2) is 5.78 Å². The van der Waals surface area contributed by atoms with E-state index in [-0.39, 0.29) is 5.92 Å². The number of carbonyl (C=O) groups excluding carboxylic acids is 1. The third kappa shape index (κ3) is 1.76. The van der Waals surface area contributed by atoms with Gasteiger partial charge in [0.1, 0.15) is 5.75 Å². The highest BCUT2D eigenvalue weighted by atomic mass is 16.5. The molecule has 0 radical (unpaired) electrons. The van der Waals surface area contributed by atoms with Crippen LogP contribution in [-0.2, 0) is 6.42 Å². The molecule has 2 rings (SSSR count). The van der Waals surface area contributed by atoms with Crippen LogP contribution in [0.5, 0.6) is 5.75 Å². The van der Waals surface area contributed by atoms with Gasteiger partial charge in [-0.3, -0.25) is 4.79 Å². The number of carbonyl (C=O) groups is 1. The molecule has 92 valence electrons. The molecule has 0 amide bonds. The van der Waals surface area contributed by atoms with Gasteiger partial charge in [0, 0.05) is 11.5 Å². The Morgan fingerprint density at radius 3 is 2.59 bits per heavy atom. The molecule has 2 heteroatoms. The van der Waals surface area contributed by atoms with Gasteiger partial charge in [-0.15, -0.1) is 0 Å². The lowest BCUT2D eigenvalue weighted by atomic mass is 9.91. The molecule has 0 aromatic heterocycles. The summed E-state index contributed by atoms with van der Waals surface area (Å²) in [6, 6.07) is 2.04. The number of rotatable bonds is 2. The molecule has 0 heterocycles. The lowest BCUT2D eigenvalue weighted by molar-refractivity contribution is 0.0945. The lowest BCUT2D eigenvalue weighted by Crippen LogP contribution is -2.07. The highest BCUT2D eigenvalue weighted by Crippen LogP contribution is 2.39. The normalized spacial score (nSPS) is 18.7. The summed E-state index contributed by atoms with van der Waals surface area (Å²) in [7, 11) is 1.69. The van der Waals surface area contributed by atoms with Gasteiger partial charge in [-0.1, -0.05) is 20.8 Å². The fourth-order valence-corrected chi connectivity index (χ4v) is 2.69. The van der Waals surface area contributed by atoms with Crippen molar-refractivity contribution in [1.29, 1.82) is 0 Å². The van der Waals surface area contributed by atoms with E-state index >= 15 is 0 Å². The van der Waals surface area contributed by atoms with E-state index in [1.807, 2.05) is 19.9 Å². The van der Waals surface area contributed by atoms with Gasteiger partial charge in [0.25, 0.3) is 0 Å². The minimum atomic E-state index is 0.119. The summed E-state index contributed by atoms with van der Waals surface area (Å²) in [5.74, 6) is 1.68. The van der Waals surface area contributed by atoms with Crippen LogP contribution in [0.15, 0.2) is 6.07 Å². The number of hydrogen-bond donors (Lipinski definition) is 0. The predicted octanol–water partition coefficient (Wildman–Crippen LogP) is 3.50. The quantitative estimate of drug-likeness (QED) is 0.780. The van der Waals surface area contributed by atoms with Gasteiger partial charge < -0.3 is 4.74 Å². The second-order valence-electron chi connectivity index (χ2n) is 5.27. The van der Waals surface area contributed by atoms with Crippen LogP contribution in [0.25, 0.3) is 0 Å². The summed E-state index contributed by atoms with van der Waals surface area (Å²) in [5, 5.41) is 0. The summed E-state index contributed by atoms with van der Waals surface area (Å²) in [4.78, 5) is 12.2. The molecule has 0 saturated heterocycles. The third-order valence-corrected chi connectivity index (χ3v) is 3.75. The molecule has 0 N–H and O–H groups in total. The summed E-state index contributed by atoms with van der Waals surface area (Å²) in [6.45, 7) is 8.31. The molecule has 1 aromatic rings. The van der Waals surface area contributed by atoms with E-state index in [0.717, 1.165) is 28.9 Å². The Kier molecular flexibility index (Phi) is 2.98. The zero-order valence-corrected chi connectivity index (χ0v) is 11.3. The second kappa shape index (κ2) is 4.17. The van der Waals surface area contributed by atoms with E-state index in [1.54, 1.807) is 7.11 Å². The number of hydrogen-bond acceptors (Lipinski definition) is 2. The topological polar surface area (TPSA) is 26.3 Å². The average Bonchev–Trinajstić information content (AvgIpc) is 2.57. The highest BCUT2D eigenvalue weighted by molar-refractivity contribution is 6.04. The molecule has 0 bridgehead atoms. The molecule has 0 aliphatic heterocycles. The molecule has 2 nitrogen and oxygen atoms in total. The van der Waals surface area contributed by atoms with E-state index in [9.17, 15) is 4.79 Å². The van der Waals surface area contributed by atoms with Crippen LogP contribution < -0.4 is 4.74 Å². The standard InChI is InChI=1S/C15H20O2/c1-8(2)11-7-13(17-5)10(4)12-6-9(3)15(16)14(11)12/h7-9H,6H2,1-5H3. The maximum absolute atomic E-state index is 12.2. The van der Waals surface area contributed by atoms with Gasteiger partial charge in [-0.25, -0.2) is 0 Å². The fraction of sp³-hybridized carbons (Fsp3) is 0.533. The van der Waals surface area contributed by atoms with Crippen LogP contribution in [0.2, 0.25) is 0 Å². The Labute approximate surface area is 103 Å². The molecule has 0 spiro atoms. The van der Waals surface area contributed by atoms with Crippen LogP contribution in [-0.4, -0.2) is 12.9 Å². The van der Waals surface area contributed by atoms with Crippen molar-refractivity contribution in [2.24, 2.45) is 5.92 Å². The molecular weight excluding hydrogens is 212 g/mol. The molecule has 0 fully saturated rings. The van der Waals surface area contributed by atoms with E-state index < -0.39 is 0 Å². The van der Waals surface area contributed by atoms with Crippen molar-refractivity contribution < 1.29 is 9.53 Å². The van der Waals surface area contributed by atoms with Gasteiger partial charge in [-0.2, -0.15) is 0 Å². The molecular formula is C15H20O2. The van der Waals surface area contributed by atoms with E-state index in [1.165, 1.54) is 5.56 Å². The van der Waals surface area contributed by atoms with Crippen LogP contribution in [0, 0.1) is 12.8 Å². The van der Waals surface area contributed by atoms with Crippen molar-refractivity contribution in [1.82, 2.24) is 0 Å². The summed E-state index contributed by atoms with van der Waals surface area (Å²) in [5.41, 5.74) is 4.43. The van der Waals surface area contributed by atoms with Gasteiger partial charge in [0.2, 0.25) is 0 Å². The van der Waals surface area contributed by atoms with E-state index in [2.05, 4.69) is 13.8 Å². The first-order valence-corrected chi connectivity index (χ1v) is 6.22. The average molecular weight is 232 g/mol. The number of methoxy groups -OCH3 is 1. The maximum Gasteiger partial charge on any atom is 0.166 e. The monoisotopic (exact) mass is 232 g/mol. The lowest BCUT2D eigenvalue weighted by Gasteiger charge is -2.16. The van der Waals surface area contributed by atoms with Gasteiger partial charge in [0.05, 0.1) is 7.11 Å². The molecule has 1 aromatic carbocycles. The van der Waals surface area contributed by atoms with E-state index in [4.69, 9.17) is 4.74 Å². The van der Waals surface area contributed by atoms with Crippen LogP contribution >= 0.6 is 0 Å². The minimum Gasteiger partial charge on any atom is -0.496 e. The van der Waals surface area contributed by atoms with Gasteiger partial charge in [-0.05, 0) is 42.0 Å². The van der Waals surface area contributed by atoms with Crippen molar-refractivity contribution >= 4 is 5.78 Å².